The van der Waals surface area contributed by atoms with Crippen molar-refractivity contribution in [1.82, 2.24) is 25.1 Å². The summed E-state index contributed by atoms with van der Waals surface area (Å²) in [5.41, 5.74) is 3.15. The summed E-state index contributed by atoms with van der Waals surface area (Å²) in [6, 6.07) is 7.16. The third-order valence-corrected chi connectivity index (χ3v) is 5.11. The van der Waals surface area contributed by atoms with Crippen LogP contribution in [0.1, 0.15) is 26.3 Å². The fourth-order valence-corrected chi connectivity index (χ4v) is 3.67. The van der Waals surface area contributed by atoms with Gasteiger partial charge in [0.25, 0.3) is 0 Å². The smallest absolute Gasteiger partial charge is 0.223 e. The van der Waals surface area contributed by atoms with Crippen molar-refractivity contribution >= 4 is 17.5 Å². The Morgan fingerprint density at radius 3 is 2.93 bits per heavy atom. The molecule has 3 heterocycles. The van der Waals surface area contributed by atoms with Crippen LogP contribution in [0.2, 0.25) is 5.02 Å². The molecule has 0 bridgehead atoms. The number of rotatable bonds is 6. The molecule has 3 N–H and O–H groups in total. The second kappa shape index (κ2) is 8.39. The lowest BCUT2D eigenvalue weighted by atomic mass is 10.1. The number of benzene rings is 1. The Labute approximate surface area is 175 Å². The molecule has 1 saturated heterocycles. The molecule has 7 nitrogen and oxygen atoms in total. The van der Waals surface area contributed by atoms with Gasteiger partial charge in [0.1, 0.15) is 11.4 Å². The Morgan fingerprint density at radius 1 is 1.34 bits per heavy atom. The number of nitrogens with zero attached hydrogens (tertiary/aromatic N) is 4. The van der Waals surface area contributed by atoms with E-state index < -0.39 is 0 Å². The first kappa shape index (κ1) is 19.7. The van der Waals surface area contributed by atoms with E-state index in [1.807, 2.05) is 23.0 Å². The maximum atomic E-state index is 10.0. The molecular weight excluding hydrogens is 388 g/mol. The summed E-state index contributed by atoms with van der Waals surface area (Å²) >= 11 is 6.19. The summed E-state index contributed by atoms with van der Waals surface area (Å²) in [6.07, 6.45) is 4.80. The minimum Gasteiger partial charge on any atom is -0.508 e. The summed E-state index contributed by atoms with van der Waals surface area (Å²) in [6.45, 7) is 6.93. The zero-order valence-electron chi connectivity index (χ0n) is 16.6. The number of phenols is 1. The molecule has 1 aliphatic heterocycles. The van der Waals surface area contributed by atoms with E-state index in [1.54, 1.807) is 12.3 Å². The number of halogens is 1. The molecule has 0 saturated carbocycles. The second-order valence-corrected chi connectivity index (χ2v) is 8.19. The maximum Gasteiger partial charge on any atom is 0.223 e. The molecule has 3 aromatic rings. The van der Waals surface area contributed by atoms with E-state index in [9.17, 15) is 5.11 Å². The Bertz CT molecular complexity index is 976. The van der Waals surface area contributed by atoms with Crippen LogP contribution in [0.3, 0.4) is 0 Å². The molecule has 1 atom stereocenters. The predicted molar refractivity (Wildman–Crippen MR) is 115 cm³/mol. The Kier molecular flexibility index (Phi) is 5.69. The molecule has 4 rings (SSSR count). The molecule has 0 unspecified atom stereocenters. The molecule has 1 fully saturated rings. The Hall–Kier alpha value is -2.64. The van der Waals surface area contributed by atoms with Gasteiger partial charge in [0.2, 0.25) is 5.95 Å². The quantitative estimate of drug-likeness (QED) is 0.567. The van der Waals surface area contributed by atoms with E-state index >= 15 is 0 Å². The summed E-state index contributed by atoms with van der Waals surface area (Å²) in [7, 11) is 0. The van der Waals surface area contributed by atoms with Crippen molar-refractivity contribution in [3.8, 4) is 28.3 Å². The fourth-order valence-electron chi connectivity index (χ4n) is 3.44. The zero-order chi connectivity index (χ0) is 20.4. The lowest BCUT2D eigenvalue weighted by molar-refractivity contribution is 0.475. The molecule has 0 radical (unpaired) electrons. The van der Waals surface area contributed by atoms with E-state index in [1.165, 1.54) is 6.07 Å². The highest BCUT2D eigenvalue weighted by molar-refractivity contribution is 6.31. The van der Waals surface area contributed by atoms with Crippen molar-refractivity contribution in [2.45, 2.75) is 26.3 Å². The van der Waals surface area contributed by atoms with Crippen molar-refractivity contribution in [3.63, 3.8) is 0 Å². The largest absolute Gasteiger partial charge is 0.508 e. The van der Waals surface area contributed by atoms with Crippen molar-refractivity contribution < 1.29 is 5.11 Å². The van der Waals surface area contributed by atoms with Gasteiger partial charge in [0.15, 0.2) is 0 Å². The van der Waals surface area contributed by atoms with Gasteiger partial charge >= 0.3 is 0 Å². The molecular formula is C21H25ClN6O. The first-order valence-corrected chi connectivity index (χ1v) is 10.2. The van der Waals surface area contributed by atoms with Gasteiger partial charge < -0.3 is 15.7 Å². The van der Waals surface area contributed by atoms with Gasteiger partial charge in [-0.15, -0.1) is 0 Å². The van der Waals surface area contributed by atoms with E-state index in [2.05, 4.69) is 29.5 Å². The molecule has 0 spiro atoms. The van der Waals surface area contributed by atoms with Gasteiger partial charge in [0, 0.05) is 41.6 Å². The lowest BCUT2D eigenvalue weighted by Gasteiger charge is -2.09. The van der Waals surface area contributed by atoms with Crippen LogP contribution in [0.4, 0.5) is 5.95 Å². The van der Waals surface area contributed by atoms with Crippen molar-refractivity contribution in [2.24, 2.45) is 5.92 Å². The van der Waals surface area contributed by atoms with Crippen LogP contribution in [0, 0.1) is 5.92 Å². The van der Waals surface area contributed by atoms with Gasteiger partial charge in [-0.1, -0.05) is 25.4 Å². The molecule has 8 heteroatoms. The standard InChI is InChI=1S/C21H25ClN6O/c1-13(2)10-25-21-24-6-4-19(26-21)18-12-28(16-3-5-23-11-16)27-20(18)14-7-15(22)9-17(29)8-14/h4,6-9,12-13,16,23,29H,3,5,10-11H2,1-2H3,(H,24,25,26)/t16-/m1/s1. The van der Waals surface area contributed by atoms with Crippen LogP contribution >= 0.6 is 11.6 Å². The van der Waals surface area contributed by atoms with Gasteiger partial charge in [-0.05, 0) is 43.1 Å². The summed E-state index contributed by atoms with van der Waals surface area (Å²) in [4.78, 5) is 9.03. The van der Waals surface area contributed by atoms with Crippen LogP contribution in [0.15, 0.2) is 36.7 Å². The fraction of sp³-hybridized carbons (Fsp3) is 0.381. The highest BCUT2D eigenvalue weighted by atomic mass is 35.5. The number of nitrogens with one attached hydrogen (secondary N) is 2. The normalized spacial score (nSPS) is 16.5. The van der Waals surface area contributed by atoms with Gasteiger partial charge in [-0.25, -0.2) is 9.97 Å². The predicted octanol–water partition coefficient (Wildman–Crippen LogP) is 3.97. The number of anilines is 1. The van der Waals surface area contributed by atoms with Gasteiger partial charge in [-0.2, -0.15) is 5.10 Å². The first-order chi connectivity index (χ1) is 14.0. The molecule has 29 heavy (non-hydrogen) atoms. The van der Waals surface area contributed by atoms with E-state index in [0.29, 0.717) is 16.9 Å². The first-order valence-electron chi connectivity index (χ1n) is 9.86. The topological polar surface area (TPSA) is 87.9 Å². The van der Waals surface area contributed by atoms with Crippen molar-refractivity contribution in [2.75, 3.05) is 25.0 Å². The average molecular weight is 413 g/mol. The summed E-state index contributed by atoms with van der Waals surface area (Å²) in [5, 5.41) is 22.0. The van der Waals surface area contributed by atoms with Crippen LogP contribution in [0.5, 0.6) is 5.75 Å². The summed E-state index contributed by atoms with van der Waals surface area (Å²) in [5.74, 6) is 1.19. The van der Waals surface area contributed by atoms with E-state index in [-0.39, 0.29) is 11.8 Å². The second-order valence-electron chi connectivity index (χ2n) is 7.76. The molecule has 1 aliphatic rings. The number of hydrogen-bond donors (Lipinski definition) is 3. The van der Waals surface area contributed by atoms with E-state index in [4.69, 9.17) is 21.7 Å². The van der Waals surface area contributed by atoms with Crippen molar-refractivity contribution in [1.29, 1.82) is 0 Å². The van der Waals surface area contributed by atoms with Crippen molar-refractivity contribution in [3.05, 3.63) is 41.7 Å². The molecule has 0 amide bonds. The Morgan fingerprint density at radius 2 is 2.21 bits per heavy atom. The number of aromatic hydroxyl groups is 1. The number of phenolic OH excluding ortho intramolecular Hbond substituents is 1. The minimum absolute atomic E-state index is 0.109. The molecule has 2 aromatic heterocycles. The summed E-state index contributed by atoms with van der Waals surface area (Å²) < 4.78 is 1.99. The highest BCUT2D eigenvalue weighted by Crippen LogP contribution is 2.35. The molecule has 152 valence electrons. The molecule has 1 aromatic carbocycles. The lowest BCUT2D eigenvalue weighted by Crippen LogP contribution is -2.13. The van der Waals surface area contributed by atoms with Crippen LogP contribution in [-0.4, -0.2) is 44.5 Å². The van der Waals surface area contributed by atoms with Gasteiger partial charge in [0.05, 0.1) is 11.7 Å². The highest BCUT2D eigenvalue weighted by Gasteiger charge is 2.22. The SMILES string of the molecule is CC(C)CNc1nccc(-c2cn([C@@H]3CCNC3)nc2-c2cc(O)cc(Cl)c2)n1. The third-order valence-electron chi connectivity index (χ3n) is 4.90. The minimum atomic E-state index is 0.109. The maximum absolute atomic E-state index is 10.0. The van der Waals surface area contributed by atoms with Crippen LogP contribution in [-0.2, 0) is 0 Å². The van der Waals surface area contributed by atoms with Crippen LogP contribution in [0.25, 0.3) is 22.5 Å². The zero-order valence-corrected chi connectivity index (χ0v) is 17.3. The number of hydrogen-bond acceptors (Lipinski definition) is 6. The monoisotopic (exact) mass is 412 g/mol. The van der Waals surface area contributed by atoms with E-state index in [0.717, 1.165) is 48.6 Å². The van der Waals surface area contributed by atoms with Gasteiger partial charge in [-0.3, -0.25) is 4.68 Å². The third kappa shape index (κ3) is 4.52. The average Bonchev–Trinajstić information content (AvgIpc) is 3.35. The van der Waals surface area contributed by atoms with Crippen LogP contribution < -0.4 is 10.6 Å². The number of aromatic nitrogens is 4. The Balaban J connectivity index is 1.78. The molecule has 0 aliphatic carbocycles.